The Hall–Kier alpha value is -0.490. The lowest BCUT2D eigenvalue weighted by atomic mass is 10.2. The van der Waals surface area contributed by atoms with Crippen molar-refractivity contribution >= 4 is 18.3 Å². The van der Waals surface area contributed by atoms with Gasteiger partial charge in [-0.3, -0.25) is 4.79 Å². The van der Waals surface area contributed by atoms with Crippen LogP contribution in [0.4, 0.5) is 13.2 Å². The van der Waals surface area contributed by atoms with Crippen LogP contribution in [-0.4, -0.2) is 31.2 Å². The number of nitrogens with one attached hydrogen (secondary N) is 2. The molecule has 0 unspecified atom stereocenters. The molecule has 90 valence electrons. The molecule has 1 heterocycles. The summed E-state index contributed by atoms with van der Waals surface area (Å²) in [4.78, 5) is 11.2. The summed E-state index contributed by atoms with van der Waals surface area (Å²) in [5.41, 5.74) is 0. The summed E-state index contributed by atoms with van der Waals surface area (Å²) in [6.07, 6.45) is -3.56. The Morgan fingerprint density at radius 1 is 1.47 bits per heavy atom. The molecule has 0 aliphatic carbocycles. The fraction of sp³-hybridized carbons (Fsp3) is 0.875. The van der Waals surface area contributed by atoms with Crippen LogP contribution in [0.5, 0.6) is 0 Å². The molecule has 0 aromatic heterocycles. The first-order chi connectivity index (χ1) is 6.49. The predicted octanol–water partition coefficient (Wildman–Crippen LogP) is 1.23. The van der Waals surface area contributed by atoms with Crippen molar-refractivity contribution in [2.45, 2.75) is 31.5 Å². The van der Waals surface area contributed by atoms with Crippen molar-refractivity contribution in [3.05, 3.63) is 0 Å². The van der Waals surface area contributed by atoms with E-state index in [1.54, 1.807) is 0 Å². The van der Waals surface area contributed by atoms with Crippen molar-refractivity contribution in [2.24, 2.45) is 0 Å². The van der Waals surface area contributed by atoms with Gasteiger partial charge in [0.2, 0.25) is 5.91 Å². The first-order valence-electron chi connectivity index (χ1n) is 4.57. The number of halogens is 4. The Bertz CT molecular complexity index is 205. The average Bonchev–Trinajstić information content (AvgIpc) is 2.53. The van der Waals surface area contributed by atoms with E-state index in [9.17, 15) is 18.0 Å². The fourth-order valence-electron chi connectivity index (χ4n) is 1.36. The Morgan fingerprint density at radius 2 is 2.13 bits per heavy atom. The standard InChI is InChI=1S/C8H13F3N2O.ClH/c9-8(10,11)3-5-13-7(14)6-2-1-4-12-6;/h6,12H,1-5H2,(H,13,14);1H/t6-;/m0./s1. The van der Waals surface area contributed by atoms with Crippen molar-refractivity contribution in [2.75, 3.05) is 13.1 Å². The maximum absolute atomic E-state index is 11.7. The summed E-state index contributed by atoms with van der Waals surface area (Å²) in [6, 6.07) is -0.303. The number of alkyl halides is 3. The third kappa shape index (κ3) is 5.84. The molecule has 1 atom stereocenters. The van der Waals surface area contributed by atoms with E-state index in [-0.39, 0.29) is 30.9 Å². The van der Waals surface area contributed by atoms with E-state index < -0.39 is 12.6 Å². The minimum atomic E-state index is -4.20. The van der Waals surface area contributed by atoms with Crippen LogP contribution in [0.1, 0.15) is 19.3 Å². The van der Waals surface area contributed by atoms with Gasteiger partial charge >= 0.3 is 6.18 Å². The molecule has 0 aromatic rings. The molecule has 1 saturated heterocycles. The summed E-state index contributed by atoms with van der Waals surface area (Å²) >= 11 is 0. The number of hydrogen-bond acceptors (Lipinski definition) is 2. The van der Waals surface area contributed by atoms with Gasteiger partial charge in [0.25, 0.3) is 0 Å². The lowest BCUT2D eigenvalue weighted by molar-refractivity contribution is -0.136. The molecule has 0 radical (unpaired) electrons. The normalized spacial score (nSPS) is 20.9. The molecule has 1 amide bonds. The van der Waals surface area contributed by atoms with Gasteiger partial charge < -0.3 is 10.6 Å². The van der Waals surface area contributed by atoms with Crippen LogP contribution in [0.2, 0.25) is 0 Å². The maximum atomic E-state index is 11.7. The van der Waals surface area contributed by atoms with E-state index in [1.807, 2.05) is 0 Å². The van der Waals surface area contributed by atoms with Gasteiger partial charge in [-0.05, 0) is 19.4 Å². The number of rotatable bonds is 3. The molecule has 1 aliphatic heterocycles. The third-order valence-corrected chi connectivity index (χ3v) is 2.08. The quantitative estimate of drug-likeness (QED) is 0.787. The van der Waals surface area contributed by atoms with Gasteiger partial charge in [-0.2, -0.15) is 13.2 Å². The zero-order chi connectivity index (χ0) is 10.6. The van der Waals surface area contributed by atoms with Crippen molar-refractivity contribution in [1.82, 2.24) is 10.6 Å². The van der Waals surface area contributed by atoms with Crippen LogP contribution < -0.4 is 10.6 Å². The van der Waals surface area contributed by atoms with E-state index in [4.69, 9.17) is 0 Å². The summed E-state index contributed by atoms with van der Waals surface area (Å²) in [5.74, 6) is -0.327. The van der Waals surface area contributed by atoms with Gasteiger partial charge in [0.1, 0.15) is 0 Å². The molecule has 0 aromatic carbocycles. The summed E-state index contributed by atoms with van der Waals surface area (Å²) in [5, 5.41) is 5.17. The molecular weight excluding hydrogens is 233 g/mol. The highest BCUT2D eigenvalue weighted by Crippen LogP contribution is 2.18. The van der Waals surface area contributed by atoms with Gasteiger partial charge in [-0.25, -0.2) is 0 Å². The van der Waals surface area contributed by atoms with E-state index >= 15 is 0 Å². The molecule has 0 saturated carbocycles. The number of amides is 1. The van der Waals surface area contributed by atoms with Crippen molar-refractivity contribution in [3.8, 4) is 0 Å². The largest absolute Gasteiger partial charge is 0.390 e. The Balaban J connectivity index is 0.00000196. The molecule has 1 rings (SSSR count). The lowest BCUT2D eigenvalue weighted by Gasteiger charge is -2.11. The molecular formula is C8H14ClF3N2O. The van der Waals surface area contributed by atoms with Crippen LogP contribution in [-0.2, 0) is 4.79 Å². The zero-order valence-electron chi connectivity index (χ0n) is 8.06. The van der Waals surface area contributed by atoms with Crippen molar-refractivity contribution in [3.63, 3.8) is 0 Å². The van der Waals surface area contributed by atoms with Gasteiger partial charge in [0, 0.05) is 6.54 Å². The molecule has 0 bridgehead atoms. The summed E-state index contributed by atoms with van der Waals surface area (Å²) in [7, 11) is 0. The van der Waals surface area contributed by atoms with E-state index in [0.29, 0.717) is 6.42 Å². The highest BCUT2D eigenvalue weighted by atomic mass is 35.5. The van der Waals surface area contributed by atoms with E-state index in [2.05, 4.69) is 10.6 Å². The monoisotopic (exact) mass is 246 g/mol. The summed E-state index contributed by atoms with van der Waals surface area (Å²) in [6.45, 7) is 0.428. The van der Waals surface area contributed by atoms with E-state index in [0.717, 1.165) is 13.0 Å². The average molecular weight is 247 g/mol. The number of hydrogen-bond donors (Lipinski definition) is 2. The first kappa shape index (κ1) is 14.5. The van der Waals surface area contributed by atoms with Crippen molar-refractivity contribution < 1.29 is 18.0 Å². The topological polar surface area (TPSA) is 41.1 Å². The van der Waals surface area contributed by atoms with Crippen molar-refractivity contribution in [1.29, 1.82) is 0 Å². The van der Waals surface area contributed by atoms with Gasteiger partial charge in [0.15, 0.2) is 0 Å². The van der Waals surface area contributed by atoms with Crippen LogP contribution >= 0.6 is 12.4 Å². The SMILES string of the molecule is Cl.O=C(NCCC(F)(F)F)[C@@H]1CCCN1. The Morgan fingerprint density at radius 3 is 2.60 bits per heavy atom. The highest BCUT2D eigenvalue weighted by Gasteiger charge is 2.28. The highest BCUT2D eigenvalue weighted by molar-refractivity contribution is 5.85. The predicted molar refractivity (Wildman–Crippen MR) is 52.0 cm³/mol. The van der Waals surface area contributed by atoms with Crippen LogP contribution in [0.3, 0.4) is 0 Å². The number of carbonyl (C=O) groups is 1. The Kier molecular flexibility index (Phi) is 5.97. The minimum Gasteiger partial charge on any atom is -0.354 e. The number of carbonyl (C=O) groups excluding carboxylic acids is 1. The fourth-order valence-corrected chi connectivity index (χ4v) is 1.36. The zero-order valence-corrected chi connectivity index (χ0v) is 8.88. The second-order valence-corrected chi connectivity index (χ2v) is 3.31. The maximum Gasteiger partial charge on any atom is 0.390 e. The summed E-state index contributed by atoms with van der Waals surface area (Å²) < 4.78 is 35.1. The van der Waals surface area contributed by atoms with Gasteiger partial charge in [-0.1, -0.05) is 0 Å². The van der Waals surface area contributed by atoms with Crippen LogP contribution in [0, 0.1) is 0 Å². The molecule has 7 heteroatoms. The second kappa shape index (κ2) is 6.17. The molecule has 0 spiro atoms. The minimum absolute atomic E-state index is 0. The Labute approximate surface area is 92.2 Å². The molecule has 15 heavy (non-hydrogen) atoms. The first-order valence-corrected chi connectivity index (χ1v) is 4.57. The van der Waals surface area contributed by atoms with E-state index in [1.165, 1.54) is 0 Å². The lowest BCUT2D eigenvalue weighted by Crippen LogP contribution is -2.41. The van der Waals surface area contributed by atoms with Crippen LogP contribution in [0.15, 0.2) is 0 Å². The second-order valence-electron chi connectivity index (χ2n) is 3.31. The third-order valence-electron chi connectivity index (χ3n) is 2.08. The molecule has 1 fully saturated rings. The van der Waals surface area contributed by atoms with Gasteiger partial charge in [-0.15, -0.1) is 12.4 Å². The van der Waals surface area contributed by atoms with Gasteiger partial charge in [0.05, 0.1) is 12.5 Å². The molecule has 3 nitrogen and oxygen atoms in total. The molecule has 2 N–H and O–H groups in total. The molecule has 1 aliphatic rings. The van der Waals surface area contributed by atoms with Crippen LogP contribution in [0.25, 0.3) is 0 Å². The smallest absolute Gasteiger partial charge is 0.354 e.